The zero-order valence-electron chi connectivity index (χ0n) is 6.42. The maximum atomic E-state index is 11.2. The highest BCUT2D eigenvalue weighted by Gasteiger charge is 2.20. The molecule has 1 aromatic rings. The molecule has 1 aliphatic carbocycles. The fourth-order valence-corrected chi connectivity index (χ4v) is 1.55. The summed E-state index contributed by atoms with van der Waals surface area (Å²) in [6.45, 7) is 1.96. The van der Waals surface area contributed by atoms with E-state index >= 15 is 0 Å². The average Bonchev–Trinajstić information content (AvgIpc) is 2.35. The third-order valence-electron chi connectivity index (χ3n) is 2.17. The number of fused-ring (bicyclic) bond motifs is 1. The molecule has 2 rings (SSSR count). The second-order valence-electron chi connectivity index (χ2n) is 2.85. The van der Waals surface area contributed by atoms with E-state index in [4.69, 9.17) is 0 Å². The molecule has 1 heterocycles. The number of hydrogen-bond acceptors (Lipinski definition) is 2. The van der Waals surface area contributed by atoms with Gasteiger partial charge in [-0.1, -0.05) is 0 Å². The highest BCUT2D eigenvalue weighted by Crippen LogP contribution is 2.22. The summed E-state index contributed by atoms with van der Waals surface area (Å²) in [6, 6.07) is 1.82. The standard InChI is InChI=1S/C9H9NO/c1-6-7-2-3-9(11)8(7)4-5-10-6/h4-5H,2-3H2,1H3. The first-order valence-electron chi connectivity index (χ1n) is 3.77. The van der Waals surface area contributed by atoms with Crippen molar-refractivity contribution in [1.29, 1.82) is 0 Å². The molecule has 0 aromatic carbocycles. The molecule has 11 heavy (non-hydrogen) atoms. The number of carbonyl (C=O) groups excluding carboxylic acids is 1. The fraction of sp³-hybridized carbons (Fsp3) is 0.333. The summed E-state index contributed by atoms with van der Waals surface area (Å²) in [5.41, 5.74) is 3.04. The third kappa shape index (κ3) is 0.862. The van der Waals surface area contributed by atoms with Crippen LogP contribution >= 0.6 is 0 Å². The van der Waals surface area contributed by atoms with Crippen LogP contribution in [-0.2, 0) is 6.42 Å². The van der Waals surface area contributed by atoms with Crippen molar-refractivity contribution >= 4 is 5.78 Å². The van der Waals surface area contributed by atoms with E-state index in [9.17, 15) is 4.79 Å². The van der Waals surface area contributed by atoms with Gasteiger partial charge in [0.1, 0.15) is 0 Å². The van der Waals surface area contributed by atoms with Gasteiger partial charge in [-0.2, -0.15) is 0 Å². The molecule has 0 spiro atoms. The van der Waals surface area contributed by atoms with Crippen molar-refractivity contribution in [3.05, 3.63) is 29.1 Å². The van der Waals surface area contributed by atoms with Crippen molar-refractivity contribution in [2.24, 2.45) is 0 Å². The van der Waals surface area contributed by atoms with Crippen molar-refractivity contribution in [1.82, 2.24) is 4.98 Å². The molecule has 0 amide bonds. The van der Waals surface area contributed by atoms with E-state index in [0.717, 1.165) is 23.2 Å². The number of hydrogen-bond donors (Lipinski definition) is 0. The van der Waals surface area contributed by atoms with Crippen LogP contribution < -0.4 is 0 Å². The lowest BCUT2D eigenvalue weighted by molar-refractivity contribution is 0.0994. The molecule has 0 bridgehead atoms. The van der Waals surface area contributed by atoms with Crippen LogP contribution in [0.2, 0.25) is 0 Å². The minimum Gasteiger partial charge on any atom is -0.294 e. The Labute approximate surface area is 65.3 Å². The van der Waals surface area contributed by atoms with Crippen molar-refractivity contribution in [3.63, 3.8) is 0 Å². The molecule has 1 aliphatic rings. The summed E-state index contributed by atoms with van der Waals surface area (Å²) in [7, 11) is 0. The minimum atomic E-state index is 0.269. The van der Waals surface area contributed by atoms with Gasteiger partial charge in [0.25, 0.3) is 0 Å². The molecule has 0 saturated carbocycles. The van der Waals surface area contributed by atoms with Crippen molar-refractivity contribution in [2.45, 2.75) is 19.8 Å². The number of aromatic nitrogens is 1. The molecule has 2 heteroatoms. The van der Waals surface area contributed by atoms with Crippen LogP contribution in [0.25, 0.3) is 0 Å². The Balaban J connectivity index is 2.66. The van der Waals surface area contributed by atoms with Crippen LogP contribution in [0.5, 0.6) is 0 Å². The molecule has 0 N–H and O–H groups in total. The minimum absolute atomic E-state index is 0.269. The summed E-state index contributed by atoms with van der Waals surface area (Å²) in [4.78, 5) is 15.3. The Morgan fingerprint density at radius 3 is 3.00 bits per heavy atom. The quantitative estimate of drug-likeness (QED) is 0.557. The van der Waals surface area contributed by atoms with E-state index in [-0.39, 0.29) is 5.78 Å². The SMILES string of the molecule is Cc1nccc2c1CCC2=O. The molecule has 0 atom stereocenters. The average molecular weight is 147 g/mol. The van der Waals surface area contributed by atoms with Crippen LogP contribution in [-0.4, -0.2) is 10.8 Å². The number of Topliss-reactive ketones (excluding diaryl/α,β-unsaturated/α-hetero) is 1. The van der Waals surface area contributed by atoms with Crippen molar-refractivity contribution < 1.29 is 4.79 Å². The summed E-state index contributed by atoms with van der Waals surface area (Å²) in [6.07, 6.45) is 3.26. The number of pyridine rings is 1. The predicted octanol–water partition coefficient (Wildman–Crippen LogP) is 1.52. The predicted molar refractivity (Wildman–Crippen MR) is 41.6 cm³/mol. The van der Waals surface area contributed by atoms with E-state index in [1.807, 2.05) is 13.0 Å². The molecule has 2 nitrogen and oxygen atoms in total. The highest BCUT2D eigenvalue weighted by molar-refractivity contribution is 6.00. The molecule has 0 aliphatic heterocycles. The number of carbonyl (C=O) groups is 1. The number of rotatable bonds is 0. The maximum absolute atomic E-state index is 11.2. The third-order valence-corrected chi connectivity index (χ3v) is 2.17. The van der Waals surface area contributed by atoms with Gasteiger partial charge in [0.2, 0.25) is 0 Å². The van der Waals surface area contributed by atoms with Crippen LogP contribution in [0, 0.1) is 6.92 Å². The summed E-state index contributed by atoms with van der Waals surface area (Å²) < 4.78 is 0. The Morgan fingerprint density at radius 2 is 2.27 bits per heavy atom. The second kappa shape index (κ2) is 2.16. The summed E-state index contributed by atoms with van der Waals surface area (Å²) >= 11 is 0. The van der Waals surface area contributed by atoms with Gasteiger partial charge in [-0.3, -0.25) is 9.78 Å². The van der Waals surface area contributed by atoms with Gasteiger partial charge in [0, 0.05) is 23.9 Å². The van der Waals surface area contributed by atoms with Crippen LogP contribution in [0.4, 0.5) is 0 Å². The normalized spacial score (nSPS) is 15.2. The van der Waals surface area contributed by atoms with Crippen molar-refractivity contribution in [2.75, 3.05) is 0 Å². The van der Waals surface area contributed by atoms with E-state index in [2.05, 4.69) is 4.98 Å². The molecular weight excluding hydrogens is 138 g/mol. The number of nitrogens with zero attached hydrogens (tertiary/aromatic N) is 1. The lowest BCUT2D eigenvalue weighted by atomic mass is 10.1. The summed E-state index contributed by atoms with van der Waals surface area (Å²) in [5.74, 6) is 0.269. The van der Waals surface area contributed by atoms with Gasteiger partial charge < -0.3 is 0 Å². The Kier molecular flexibility index (Phi) is 1.28. The molecule has 56 valence electrons. The summed E-state index contributed by atoms with van der Waals surface area (Å²) in [5, 5.41) is 0. The lowest BCUT2D eigenvalue weighted by Crippen LogP contribution is -1.93. The molecule has 0 radical (unpaired) electrons. The fourth-order valence-electron chi connectivity index (χ4n) is 1.55. The first-order valence-corrected chi connectivity index (χ1v) is 3.77. The topological polar surface area (TPSA) is 30.0 Å². The van der Waals surface area contributed by atoms with Crippen LogP contribution in [0.1, 0.15) is 28.0 Å². The van der Waals surface area contributed by atoms with Gasteiger partial charge >= 0.3 is 0 Å². The first kappa shape index (κ1) is 6.53. The zero-order valence-corrected chi connectivity index (χ0v) is 6.42. The van der Waals surface area contributed by atoms with Gasteiger partial charge in [0.05, 0.1) is 0 Å². The molecule has 1 aromatic heterocycles. The Hall–Kier alpha value is -1.18. The Morgan fingerprint density at radius 1 is 1.45 bits per heavy atom. The molecular formula is C9H9NO. The van der Waals surface area contributed by atoms with E-state index in [1.54, 1.807) is 6.20 Å². The van der Waals surface area contributed by atoms with Crippen LogP contribution in [0.15, 0.2) is 12.3 Å². The van der Waals surface area contributed by atoms with E-state index in [1.165, 1.54) is 0 Å². The number of ketones is 1. The monoisotopic (exact) mass is 147 g/mol. The smallest absolute Gasteiger partial charge is 0.163 e. The van der Waals surface area contributed by atoms with E-state index in [0.29, 0.717) is 6.42 Å². The van der Waals surface area contributed by atoms with E-state index < -0.39 is 0 Å². The second-order valence-corrected chi connectivity index (χ2v) is 2.85. The largest absolute Gasteiger partial charge is 0.294 e. The molecule has 0 saturated heterocycles. The van der Waals surface area contributed by atoms with Gasteiger partial charge in [0.15, 0.2) is 5.78 Å². The van der Waals surface area contributed by atoms with Gasteiger partial charge in [-0.05, 0) is 25.0 Å². The molecule has 0 unspecified atom stereocenters. The highest BCUT2D eigenvalue weighted by atomic mass is 16.1. The van der Waals surface area contributed by atoms with Gasteiger partial charge in [-0.15, -0.1) is 0 Å². The number of aryl methyl sites for hydroxylation is 1. The van der Waals surface area contributed by atoms with Gasteiger partial charge in [-0.25, -0.2) is 0 Å². The van der Waals surface area contributed by atoms with Crippen molar-refractivity contribution in [3.8, 4) is 0 Å². The lowest BCUT2D eigenvalue weighted by Gasteiger charge is -1.98. The maximum Gasteiger partial charge on any atom is 0.163 e. The zero-order chi connectivity index (χ0) is 7.84. The first-order chi connectivity index (χ1) is 5.29. The van der Waals surface area contributed by atoms with Crippen LogP contribution in [0.3, 0.4) is 0 Å². The molecule has 0 fully saturated rings. The Bertz CT molecular complexity index is 317.